The SMILES string of the molecule is Cc1nc2ccc(N(C)C(=O)Br)cc2[nH]1. The highest BCUT2D eigenvalue weighted by molar-refractivity contribution is 9.18. The van der Waals surface area contributed by atoms with Gasteiger partial charge in [0.25, 0.3) is 4.82 Å². The number of aromatic amines is 1. The number of amides is 1. The summed E-state index contributed by atoms with van der Waals surface area (Å²) in [6, 6.07) is 5.65. The summed E-state index contributed by atoms with van der Waals surface area (Å²) in [5.74, 6) is 0.870. The Kier molecular flexibility index (Phi) is 2.48. The second-order valence-corrected chi connectivity index (χ2v) is 4.01. The molecule has 0 aliphatic carbocycles. The number of aryl methyl sites for hydroxylation is 1. The number of carbonyl (C=O) groups excluding carboxylic acids is 1. The number of nitrogens with one attached hydrogen (secondary N) is 1. The van der Waals surface area contributed by atoms with Crippen LogP contribution in [0.15, 0.2) is 18.2 Å². The van der Waals surface area contributed by atoms with Gasteiger partial charge in [-0.2, -0.15) is 0 Å². The van der Waals surface area contributed by atoms with Crippen molar-refractivity contribution >= 4 is 37.5 Å². The average Bonchev–Trinajstić information content (AvgIpc) is 2.55. The lowest BCUT2D eigenvalue weighted by Crippen LogP contribution is -2.18. The first-order valence-electron chi connectivity index (χ1n) is 4.47. The molecule has 0 fully saturated rings. The molecule has 0 aliphatic rings. The average molecular weight is 268 g/mol. The summed E-state index contributed by atoms with van der Waals surface area (Å²) in [5, 5.41) is 0. The summed E-state index contributed by atoms with van der Waals surface area (Å²) in [6.07, 6.45) is 0. The lowest BCUT2D eigenvalue weighted by molar-refractivity contribution is 0.267. The van der Waals surface area contributed by atoms with Gasteiger partial charge in [-0.25, -0.2) is 4.98 Å². The molecule has 0 unspecified atom stereocenters. The summed E-state index contributed by atoms with van der Waals surface area (Å²) in [7, 11) is 1.71. The number of nitrogens with zero attached hydrogens (tertiary/aromatic N) is 2. The molecule has 0 bridgehead atoms. The predicted octanol–water partition coefficient (Wildman–Crippen LogP) is 2.82. The monoisotopic (exact) mass is 267 g/mol. The molecule has 2 aromatic rings. The number of rotatable bonds is 1. The molecule has 0 saturated carbocycles. The van der Waals surface area contributed by atoms with Crippen LogP contribution < -0.4 is 4.90 Å². The van der Waals surface area contributed by atoms with Crippen molar-refractivity contribution in [1.29, 1.82) is 0 Å². The molecule has 1 aromatic heterocycles. The van der Waals surface area contributed by atoms with Crippen molar-refractivity contribution in [2.24, 2.45) is 0 Å². The number of anilines is 1. The molecule has 0 spiro atoms. The minimum Gasteiger partial charge on any atom is -0.342 e. The third-order valence-electron chi connectivity index (χ3n) is 2.23. The first kappa shape index (κ1) is 10.2. The highest BCUT2D eigenvalue weighted by Crippen LogP contribution is 2.20. The Morgan fingerprint density at radius 3 is 2.93 bits per heavy atom. The van der Waals surface area contributed by atoms with E-state index < -0.39 is 0 Å². The zero-order valence-electron chi connectivity index (χ0n) is 8.41. The fraction of sp³-hybridized carbons (Fsp3) is 0.200. The van der Waals surface area contributed by atoms with E-state index in [-0.39, 0.29) is 4.82 Å². The van der Waals surface area contributed by atoms with Crippen molar-refractivity contribution in [3.8, 4) is 0 Å². The van der Waals surface area contributed by atoms with E-state index in [1.807, 2.05) is 25.1 Å². The van der Waals surface area contributed by atoms with Gasteiger partial charge in [0.1, 0.15) is 5.82 Å². The van der Waals surface area contributed by atoms with Crippen LogP contribution in [0.2, 0.25) is 0 Å². The van der Waals surface area contributed by atoms with Crippen molar-refractivity contribution in [2.45, 2.75) is 6.92 Å². The summed E-state index contributed by atoms with van der Waals surface area (Å²) in [6.45, 7) is 1.90. The van der Waals surface area contributed by atoms with E-state index in [1.54, 1.807) is 7.05 Å². The van der Waals surface area contributed by atoms with E-state index in [2.05, 4.69) is 25.9 Å². The van der Waals surface area contributed by atoms with E-state index >= 15 is 0 Å². The van der Waals surface area contributed by atoms with Crippen molar-refractivity contribution in [2.75, 3.05) is 11.9 Å². The number of hydrogen-bond donors (Lipinski definition) is 1. The van der Waals surface area contributed by atoms with Crippen LogP contribution in [0.3, 0.4) is 0 Å². The largest absolute Gasteiger partial charge is 0.342 e. The molecule has 1 aromatic carbocycles. The second-order valence-electron chi connectivity index (χ2n) is 3.34. The predicted molar refractivity (Wildman–Crippen MR) is 63.6 cm³/mol. The highest BCUT2D eigenvalue weighted by Gasteiger charge is 2.08. The third-order valence-corrected chi connectivity index (χ3v) is 2.77. The summed E-state index contributed by atoms with van der Waals surface area (Å²) in [5.41, 5.74) is 2.67. The molecule has 15 heavy (non-hydrogen) atoms. The van der Waals surface area contributed by atoms with Crippen molar-refractivity contribution < 1.29 is 4.79 Å². The molecule has 4 nitrogen and oxygen atoms in total. The molecule has 0 atom stereocenters. The Bertz CT molecular complexity index is 520. The van der Waals surface area contributed by atoms with Gasteiger partial charge in [0.15, 0.2) is 0 Å². The van der Waals surface area contributed by atoms with Crippen LogP contribution >= 0.6 is 15.9 Å². The van der Waals surface area contributed by atoms with Crippen LogP contribution in [0.1, 0.15) is 5.82 Å². The Hall–Kier alpha value is -1.36. The third kappa shape index (κ3) is 1.87. The van der Waals surface area contributed by atoms with Crippen LogP contribution in [0, 0.1) is 6.92 Å². The van der Waals surface area contributed by atoms with Crippen LogP contribution in [0.4, 0.5) is 10.5 Å². The standard InChI is InChI=1S/C10H10BrN3O/c1-6-12-8-4-3-7(5-9(8)13-6)14(2)10(11)15/h3-5H,1-2H3,(H,12,13). The molecule has 1 N–H and O–H groups in total. The maximum atomic E-state index is 11.1. The van der Waals surface area contributed by atoms with E-state index in [4.69, 9.17) is 0 Å². The highest BCUT2D eigenvalue weighted by atomic mass is 79.9. The summed E-state index contributed by atoms with van der Waals surface area (Å²) < 4.78 is 0. The number of benzene rings is 1. The van der Waals surface area contributed by atoms with Crippen molar-refractivity contribution in [1.82, 2.24) is 9.97 Å². The maximum absolute atomic E-state index is 11.1. The zero-order valence-corrected chi connectivity index (χ0v) is 10.00. The van der Waals surface area contributed by atoms with Gasteiger partial charge < -0.3 is 9.88 Å². The quantitative estimate of drug-likeness (QED) is 0.638. The first-order valence-corrected chi connectivity index (χ1v) is 5.27. The van der Waals surface area contributed by atoms with E-state index in [0.717, 1.165) is 22.5 Å². The van der Waals surface area contributed by atoms with Gasteiger partial charge in [-0.15, -0.1) is 0 Å². The van der Waals surface area contributed by atoms with Crippen LogP contribution in [0.5, 0.6) is 0 Å². The molecule has 0 saturated heterocycles. The van der Waals surface area contributed by atoms with Crippen LogP contribution in [0.25, 0.3) is 11.0 Å². The molecule has 78 valence electrons. The molecule has 1 heterocycles. The molecular weight excluding hydrogens is 258 g/mol. The number of aromatic nitrogens is 2. The van der Waals surface area contributed by atoms with Crippen LogP contribution in [-0.4, -0.2) is 21.8 Å². The van der Waals surface area contributed by atoms with Gasteiger partial charge in [-0.05, 0) is 25.1 Å². The van der Waals surface area contributed by atoms with Gasteiger partial charge >= 0.3 is 0 Å². The number of H-pyrrole nitrogens is 1. The Morgan fingerprint density at radius 1 is 1.53 bits per heavy atom. The Morgan fingerprint density at radius 2 is 2.27 bits per heavy atom. The van der Waals surface area contributed by atoms with Gasteiger partial charge in [0.05, 0.1) is 11.0 Å². The second kappa shape index (κ2) is 3.66. The van der Waals surface area contributed by atoms with E-state index in [9.17, 15) is 4.79 Å². The van der Waals surface area contributed by atoms with Gasteiger partial charge in [0.2, 0.25) is 0 Å². The smallest absolute Gasteiger partial charge is 0.293 e. The fourth-order valence-electron chi connectivity index (χ4n) is 1.44. The number of carbonyl (C=O) groups is 1. The Balaban J connectivity index is 2.50. The molecule has 0 aliphatic heterocycles. The minimum absolute atomic E-state index is 0.168. The van der Waals surface area contributed by atoms with Crippen molar-refractivity contribution in [3.63, 3.8) is 0 Å². The van der Waals surface area contributed by atoms with Gasteiger partial charge in [-0.3, -0.25) is 4.79 Å². The van der Waals surface area contributed by atoms with Gasteiger partial charge in [-0.1, -0.05) is 0 Å². The minimum atomic E-state index is -0.168. The molecular formula is C10H10BrN3O. The molecule has 0 radical (unpaired) electrons. The van der Waals surface area contributed by atoms with Gasteiger partial charge in [0, 0.05) is 28.7 Å². The zero-order chi connectivity index (χ0) is 11.0. The topological polar surface area (TPSA) is 49.0 Å². The lowest BCUT2D eigenvalue weighted by atomic mass is 10.2. The number of fused-ring (bicyclic) bond motifs is 1. The molecule has 5 heteroatoms. The van der Waals surface area contributed by atoms with Crippen LogP contribution in [-0.2, 0) is 0 Å². The maximum Gasteiger partial charge on any atom is 0.293 e. The van der Waals surface area contributed by atoms with E-state index in [1.165, 1.54) is 4.90 Å². The lowest BCUT2D eigenvalue weighted by Gasteiger charge is -2.12. The molecule has 2 rings (SSSR count). The molecule has 1 amide bonds. The first-order chi connectivity index (χ1) is 7.08. The van der Waals surface area contributed by atoms with Crippen molar-refractivity contribution in [3.05, 3.63) is 24.0 Å². The number of hydrogen-bond acceptors (Lipinski definition) is 2. The summed E-state index contributed by atoms with van der Waals surface area (Å²) >= 11 is 2.91. The van der Waals surface area contributed by atoms with E-state index in [0.29, 0.717) is 0 Å². The fourth-order valence-corrected chi connectivity index (χ4v) is 1.64. The Labute approximate surface area is 95.4 Å². The number of imidazole rings is 1. The normalized spacial score (nSPS) is 10.6. The summed E-state index contributed by atoms with van der Waals surface area (Å²) in [4.78, 5) is 19.9. The number of halogens is 1.